The molecule has 1 saturated heterocycles. The Balaban J connectivity index is 2.44. The summed E-state index contributed by atoms with van der Waals surface area (Å²) in [6.45, 7) is 6.52. The van der Waals surface area contributed by atoms with Crippen LogP contribution in [0, 0.1) is 10.1 Å². The lowest BCUT2D eigenvalue weighted by Crippen LogP contribution is -2.57. The Morgan fingerprint density at radius 1 is 1.53 bits per heavy atom. The Bertz CT molecular complexity index is 467. The van der Waals surface area contributed by atoms with E-state index in [-0.39, 0.29) is 10.6 Å². The van der Waals surface area contributed by atoms with Crippen LogP contribution in [0.1, 0.15) is 26.0 Å². The molecule has 0 atom stereocenters. The molecule has 0 aliphatic carbocycles. The van der Waals surface area contributed by atoms with E-state index in [1.807, 2.05) is 13.8 Å². The Morgan fingerprint density at radius 2 is 2.21 bits per heavy atom. The van der Waals surface area contributed by atoms with Crippen LogP contribution in [-0.4, -0.2) is 40.4 Å². The van der Waals surface area contributed by atoms with Crippen LogP contribution in [0.4, 0.5) is 11.5 Å². The predicted molar refractivity (Wildman–Crippen MR) is 73.5 cm³/mol. The normalized spacial score (nSPS) is 15.3. The van der Waals surface area contributed by atoms with Gasteiger partial charge in [0.05, 0.1) is 11.0 Å². The van der Waals surface area contributed by atoms with Gasteiger partial charge in [0.15, 0.2) is 0 Å². The van der Waals surface area contributed by atoms with Crippen molar-refractivity contribution in [2.75, 3.05) is 24.5 Å². The lowest BCUT2D eigenvalue weighted by molar-refractivity contribution is -0.384. The number of likely N-dealkylation sites (N-methyl/N-ethyl adjacent to an activating group) is 1. The lowest BCUT2D eigenvalue weighted by Gasteiger charge is -2.38. The van der Waals surface area contributed by atoms with Crippen molar-refractivity contribution in [1.29, 1.82) is 0 Å². The fraction of sp³-hybridized carbons (Fsp3) is 0.750. The van der Waals surface area contributed by atoms with E-state index in [9.17, 15) is 10.1 Å². The second-order valence-electron chi connectivity index (χ2n) is 4.85. The summed E-state index contributed by atoms with van der Waals surface area (Å²) in [5.41, 5.74) is 0.772. The molecule has 0 amide bonds. The highest BCUT2D eigenvalue weighted by Crippen LogP contribution is 2.33. The maximum absolute atomic E-state index is 11.4. The molecule has 7 nitrogen and oxygen atoms in total. The first-order valence-corrected chi connectivity index (χ1v) is 6.77. The molecular formula is C12H21N5O2. The zero-order valence-electron chi connectivity index (χ0n) is 11.7. The van der Waals surface area contributed by atoms with Crippen LogP contribution < -0.4 is 10.2 Å². The van der Waals surface area contributed by atoms with Crippen LogP contribution in [-0.2, 0) is 13.5 Å². The van der Waals surface area contributed by atoms with Crippen molar-refractivity contribution < 1.29 is 4.92 Å². The number of nitrogens with zero attached hydrogens (tertiary/aromatic N) is 4. The second kappa shape index (κ2) is 5.56. The SMILES string of the molecule is CCCc1nn(C)c(N(CC)C2CNC2)c1[N+](=O)[O-]. The van der Waals surface area contributed by atoms with E-state index in [0.717, 1.165) is 26.1 Å². The summed E-state index contributed by atoms with van der Waals surface area (Å²) in [6.07, 6.45) is 1.50. The topological polar surface area (TPSA) is 76.2 Å². The molecule has 0 unspecified atom stereocenters. The number of rotatable bonds is 6. The summed E-state index contributed by atoms with van der Waals surface area (Å²) in [5.74, 6) is 0.641. The minimum Gasteiger partial charge on any atom is -0.346 e. The highest BCUT2D eigenvalue weighted by molar-refractivity contribution is 5.62. The zero-order valence-corrected chi connectivity index (χ0v) is 11.7. The highest BCUT2D eigenvalue weighted by Gasteiger charge is 2.34. The minimum absolute atomic E-state index is 0.179. The first-order valence-electron chi connectivity index (χ1n) is 6.77. The molecule has 1 N–H and O–H groups in total. The third-order valence-corrected chi connectivity index (χ3v) is 3.55. The number of hydrogen-bond acceptors (Lipinski definition) is 5. The monoisotopic (exact) mass is 267 g/mol. The molecule has 2 rings (SSSR count). The average Bonchev–Trinajstić information content (AvgIpc) is 2.60. The van der Waals surface area contributed by atoms with Gasteiger partial charge in [0.25, 0.3) is 0 Å². The van der Waals surface area contributed by atoms with Crippen molar-refractivity contribution >= 4 is 11.5 Å². The number of aryl methyl sites for hydroxylation is 2. The number of aromatic nitrogens is 2. The van der Waals surface area contributed by atoms with Crippen molar-refractivity contribution in [2.45, 2.75) is 32.7 Å². The van der Waals surface area contributed by atoms with Gasteiger partial charge in [0.1, 0.15) is 5.69 Å². The second-order valence-corrected chi connectivity index (χ2v) is 4.85. The van der Waals surface area contributed by atoms with Crippen LogP contribution in [0.5, 0.6) is 0 Å². The first-order chi connectivity index (χ1) is 9.10. The molecule has 1 fully saturated rings. The van der Waals surface area contributed by atoms with Crippen molar-refractivity contribution in [3.63, 3.8) is 0 Å². The number of anilines is 1. The Morgan fingerprint density at radius 3 is 2.63 bits per heavy atom. The fourth-order valence-electron chi connectivity index (χ4n) is 2.55. The summed E-state index contributed by atoms with van der Waals surface area (Å²) in [6, 6.07) is 0.327. The lowest BCUT2D eigenvalue weighted by atomic mass is 10.1. The van der Waals surface area contributed by atoms with Gasteiger partial charge in [-0.25, -0.2) is 4.68 Å². The van der Waals surface area contributed by atoms with Crippen LogP contribution in [0.3, 0.4) is 0 Å². The van der Waals surface area contributed by atoms with Crippen LogP contribution in [0.25, 0.3) is 0 Å². The number of nitrogens with one attached hydrogen (secondary N) is 1. The van der Waals surface area contributed by atoms with Crippen molar-refractivity contribution in [3.05, 3.63) is 15.8 Å². The van der Waals surface area contributed by atoms with Gasteiger partial charge < -0.3 is 10.2 Å². The first kappa shape index (κ1) is 13.8. The maximum atomic E-state index is 11.4. The van der Waals surface area contributed by atoms with Crippen molar-refractivity contribution in [1.82, 2.24) is 15.1 Å². The summed E-state index contributed by atoms with van der Waals surface area (Å²) in [7, 11) is 1.79. The van der Waals surface area contributed by atoms with E-state index < -0.39 is 0 Å². The van der Waals surface area contributed by atoms with E-state index in [2.05, 4.69) is 15.3 Å². The van der Waals surface area contributed by atoms with E-state index in [0.29, 0.717) is 24.0 Å². The molecule has 1 aliphatic heterocycles. The van der Waals surface area contributed by atoms with Crippen molar-refractivity contribution in [3.8, 4) is 0 Å². The largest absolute Gasteiger partial charge is 0.346 e. The van der Waals surface area contributed by atoms with Gasteiger partial charge in [0, 0.05) is 26.7 Å². The highest BCUT2D eigenvalue weighted by atomic mass is 16.6. The van der Waals surface area contributed by atoms with Gasteiger partial charge in [-0.1, -0.05) is 13.3 Å². The third-order valence-electron chi connectivity index (χ3n) is 3.55. The molecule has 2 heterocycles. The Labute approximate surface area is 112 Å². The molecule has 0 radical (unpaired) electrons. The Kier molecular flexibility index (Phi) is 4.04. The molecule has 106 valence electrons. The van der Waals surface area contributed by atoms with Gasteiger partial charge in [-0.3, -0.25) is 10.1 Å². The van der Waals surface area contributed by atoms with Gasteiger partial charge in [-0.05, 0) is 13.3 Å². The van der Waals surface area contributed by atoms with E-state index in [4.69, 9.17) is 0 Å². The van der Waals surface area contributed by atoms with Crippen LogP contribution in [0.2, 0.25) is 0 Å². The van der Waals surface area contributed by atoms with Crippen LogP contribution in [0.15, 0.2) is 0 Å². The van der Waals surface area contributed by atoms with Crippen LogP contribution >= 0.6 is 0 Å². The third kappa shape index (κ3) is 2.42. The predicted octanol–water partition coefficient (Wildman–Crippen LogP) is 1.08. The summed E-state index contributed by atoms with van der Waals surface area (Å²) in [5, 5.41) is 18.9. The standard InChI is InChI=1S/C12H21N5O2/c1-4-6-10-11(17(18)19)12(15(3)14-10)16(5-2)9-7-13-8-9/h9,13H,4-8H2,1-3H3. The van der Waals surface area contributed by atoms with Gasteiger partial charge in [-0.15, -0.1) is 0 Å². The quantitative estimate of drug-likeness (QED) is 0.616. The van der Waals surface area contributed by atoms with E-state index >= 15 is 0 Å². The molecule has 7 heteroatoms. The van der Waals surface area contributed by atoms with Crippen molar-refractivity contribution in [2.24, 2.45) is 7.05 Å². The average molecular weight is 267 g/mol. The van der Waals surface area contributed by atoms with E-state index in [1.54, 1.807) is 11.7 Å². The molecule has 0 bridgehead atoms. The smallest absolute Gasteiger partial charge is 0.334 e. The molecule has 0 saturated carbocycles. The van der Waals surface area contributed by atoms with Gasteiger partial charge in [0.2, 0.25) is 5.82 Å². The maximum Gasteiger partial charge on any atom is 0.334 e. The zero-order chi connectivity index (χ0) is 14.0. The molecule has 1 aromatic heterocycles. The molecule has 1 aliphatic rings. The molecule has 19 heavy (non-hydrogen) atoms. The molecular weight excluding hydrogens is 246 g/mol. The number of nitro groups is 1. The summed E-state index contributed by atoms with van der Waals surface area (Å²) in [4.78, 5) is 13.2. The van der Waals surface area contributed by atoms with Gasteiger partial charge in [-0.2, -0.15) is 5.10 Å². The number of hydrogen-bond donors (Lipinski definition) is 1. The summed E-state index contributed by atoms with van der Waals surface area (Å²) < 4.78 is 1.66. The minimum atomic E-state index is -0.290. The fourth-order valence-corrected chi connectivity index (χ4v) is 2.55. The molecule has 0 spiro atoms. The van der Waals surface area contributed by atoms with Gasteiger partial charge >= 0.3 is 5.69 Å². The summed E-state index contributed by atoms with van der Waals surface area (Å²) >= 11 is 0. The Hall–Kier alpha value is -1.63. The van der Waals surface area contributed by atoms with E-state index in [1.165, 1.54) is 0 Å². The molecule has 1 aromatic rings. The molecule has 0 aromatic carbocycles.